The monoisotopic (exact) mass is 266 g/mol. The third kappa shape index (κ3) is 3.87. The Kier molecular flexibility index (Phi) is 4.48. The number of nitrogens with two attached hydrogens (primary N) is 1. The number of benzene rings is 1. The van der Waals surface area contributed by atoms with Crippen molar-refractivity contribution in [3.8, 4) is 12.3 Å². The lowest BCUT2D eigenvalue weighted by Gasteiger charge is -2.06. The van der Waals surface area contributed by atoms with Crippen LogP contribution >= 0.6 is 0 Å². The van der Waals surface area contributed by atoms with Crippen molar-refractivity contribution in [2.24, 2.45) is 5.14 Å². The summed E-state index contributed by atoms with van der Waals surface area (Å²) in [7, 11) is -3.82. The third-order valence-electron chi connectivity index (χ3n) is 2.20. The molecule has 1 rings (SSSR count). The van der Waals surface area contributed by atoms with Crippen molar-refractivity contribution in [2.75, 3.05) is 6.54 Å². The fourth-order valence-corrected chi connectivity index (χ4v) is 2.03. The zero-order chi connectivity index (χ0) is 13.8. The van der Waals surface area contributed by atoms with Crippen LogP contribution in [0, 0.1) is 19.3 Å². The average Bonchev–Trinajstić information content (AvgIpc) is 2.27. The number of terminal acetylenes is 1. The summed E-state index contributed by atoms with van der Waals surface area (Å²) in [4.78, 5) is 11.7. The first-order valence-corrected chi connectivity index (χ1v) is 6.75. The Hall–Kier alpha value is -1.84. The minimum atomic E-state index is -3.82. The number of carbonyl (C=O) groups is 1. The molecular formula is C12H14N2O3S. The van der Waals surface area contributed by atoms with E-state index in [-0.39, 0.29) is 16.4 Å². The molecule has 0 spiro atoms. The van der Waals surface area contributed by atoms with Gasteiger partial charge in [0.15, 0.2) is 0 Å². The van der Waals surface area contributed by atoms with Gasteiger partial charge in [0, 0.05) is 18.5 Å². The molecular weight excluding hydrogens is 252 g/mol. The highest BCUT2D eigenvalue weighted by Gasteiger charge is 2.13. The Balaban J connectivity index is 3.01. The second kappa shape index (κ2) is 5.67. The van der Waals surface area contributed by atoms with Gasteiger partial charge in [-0.3, -0.25) is 4.79 Å². The summed E-state index contributed by atoms with van der Waals surface area (Å²) in [6.45, 7) is 2.03. The van der Waals surface area contributed by atoms with Crippen molar-refractivity contribution in [1.29, 1.82) is 0 Å². The van der Waals surface area contributed by atoms with Crippen molar-refractivity contribution in [1.82, 2.24) is 5.32 Å². The lowest BCUT2D eigenvalue weighted by Crippen LogP contribution is -2.24. The van der Waals surface area contributed by atoms with Gasteiger partial charge in [-0.15, -0.1) is 12.3 Å². The molecule has 18 heavy (non-hydrogen) atoms. The van der Waals surface area contributed by atoms with Gasteiger partial charge < -0.3 is 5.32 Å². The largest absolute Gasteiger partial charge is 0.351 e. The van der Waals surface area contributed by atoms with Gasteiger partial charge >= 0.3 is 0 Å². The highest BCUT2D eigenvalue weighted by atomic mass is 32.2. The van der Waals surface area contributed by atoms with Gasteiger partial charge in [0.05, 0.1) is 4.90 Å². The second-order valence-corrected chi connectivity index (χ2v) is 5.35. The van der Waals surface area contributed by atoms with Crippen molar-refractivity contribution in [2.45, 2.75) is 18.2 Å². The van der Waals surface area contributed by atoms with Crippen LogP contribution in [-0.2, 0) is 10.0 Å². The first-order chi connectivity index (χ1) is 8.34. The maximum Gasteiger partial charge on any atom is 0.251 e. The van der Waals surface area contributed by atoms with Crippen LogP contribution in [0.5, 0.6) is 0 Å². The van der Waals surface area contributed by atoms with E-state index in [1.165, 1.54) is 12.1 Å². The molecule has 1 aromatic rings. The highest BCUT2D eigenvalue weighted by molar-refractivity contribution is 7.89. The maximum atomic E-state index is 11.7. The highest BCUT2D eigenvalue weighted by Crippen LogP contribution is 2.13. The SMILES string of the molecule is C#CCCNC(=O)c1cc(C)cc(S(N)(=O)=O)c1. The number of hydrogen-bond donors (Lipinski definition) is 2. The van der Waals surface area contributed by atoms with Crippen LogP contribution in [0.15, 0.2) is 23.1 Å². The van der Waals surface area contributed by atoms with E-state index in [4.69, 9.17) is 11.6 Å². The molecule has 0 radical (unpaired) electrons. The molecule has 0 bridgehead atoms. The lowest BCUT2D eigenvalue weighted by molar-refractivity contribution is 0.0954. The van der Waals surface area contributed by atoms with Gasteiger partial charge in [0.2, 0.25) is 10.0 Å². The summed E-state index contributed by atoms with van der Waals surface area (Å²) in [5.74, 6) is 2.01. The number of sulfonamides is 1. The van der Waals surface area contributed by atoms with Crippen molar-refractivity contribution < 1.29 is 13.2 Å². The van der Waals surface area contributed by atoms with E-state index in [1.807, 2.05) is 0 Å². The van der Waals surface area contributed by atoms with E-state index in [0.29, 0.717) is 18.5 Å². The van der Waals surface area contributed by atoms with E-state index in [9.17, 15) is 13.2 Å². The first kappa shape index (κ1) is 14.2. The number of primary sulfonamides is 1. The zero-order valence-corrected chi connectivity index (χ0v) is 10.8. The Labute approximate surface area is 106 Å². The molecule has 3 N–H and O–H groups in total. The van der Waals surface area contributed by atoms with Crippen LogP contribution in [0.3, 0.4) is 0 Å². The van der Waals surface area contributed by atoms with E-state index in [1.54, 1.807) is 13.0 Å². The quantitative estimate of drug-likeness (QED) is 0.610. The van der Waals surface area contributed by atoms with Crippen molar-refractivity contribution in [3.63, 3.8) is 0 Å². The standard InChI is InChI=1S/C12H14N2O3S/c1-3-4-5-14-12(15)10-6-9(2)7-11(8-10)18(13,16)17/h1,6-8H,4-5H2,2H3,(H,14,15)(H2,13,16,17). The Morgan fingerprint density at radius 2 is 2.11 bits per heavy atom. The molecule has 1 aromatic carbocycles. The predicted octanol–water partition coefficient (Wildman–Crippen LogP) is 0.396. The fourth-order valence-electron chi connectivity index (χ4n) is 1.39. The topological polar surface area (TPSA) is 89.3 Å². The minimum absolute atomic E-state index is 0.0791. The van der Waals surface area contributed by atoms with Crippen molar-refractivity contribution in [3.05, 3.63) is 29.3 Å². The number of aryl methyl sites for hydroxylation is 1. The molecule has 96 valence electrons. The Bertz CT molecular complexity index is 600. The van der Waals surface area contributed by atoms with E-state index < -0.39 is 10.0 Å². The molecule has 6 heteroatoms. The van der Waals surface area contributed by atoms with Gasteiger partial charge in [0.1, 0.15) is 0 Å². The smallest absolute Gasteiger partial charge is 0.251 e. The average molecular weight is 266 g/mol. The number of hydrogen-bond acceptors (Lipinski definition) is 3. The first-order valence-electron chi connectivity index (χ1n) is 5.21. The molecule has 0 heterocycles. The summed E-state index contributed by atoms with van der Waals surface area (Å²) >= 11 is 0. The number of nitrogens with one attached hydrogen (secondary N) is 1. The van der Waals surface area contributed by atoms with Gasteiger partial charge in [-0.1, -0.05) is 0 Å². The molecule has 0 aromatic heterocycles. The molecule has 0 aliphatic rings. The molecule has 5 nitrogen and oxygen atoms in total. The summed E-state index contributed by atoms with van der Waals surface area (Å²) in [5, 5.41) is 7.62. The molecule has 0 atom stereocenters. The van der Waals surface area contributed by atoms with Gasteiger partial charge in [-0.25, -0.2) is 13.6 Å². The summed E-state index contributed by atoms with van der Waals surface area (Å²) in [6.07, 6.45) is 5.48. The fraction of sp³-hybridized carbons (Fsp3) is 0.250. The second-order valence-electron chi connectivity index (χ2n) is 3.79. The molecule has 0 aliphatic carbocycles. The van der Waals surface area contributed by atoms with Crippen LogP contribution in [0.25, 0.3) is 0 Å². The van der Waals surface area contributed by atoms with Gasteiger partial charge in [0.25, 0.3) is 5.91 Å². The van der Waals surface area contributed by atoms with Gasteiger partial charge in [-0.2, -0.15) is 0 Å². The minimum Gasteiger partial charge on any atom is -0.351 e. The molecule has 0 fully saturated rings. The van der Waals surface area contributed by atoms with Crippen LogP contribution in [-0.4, -0.2) is 20.9 Å². The summed E-state index contributed by atoms with van der Waals surface area (Å²) in [5.41, 5.74) is 0.889. The van der Waals surface area contributed by atoms with Crippen LogP contribution in [0.1, 0.15) is 22.3 Å². The zero-order valence-electron chi connectivity index (χ0n) is 9.93. The Morgan fingerprint density at radius 3 is 2.67 bits per heavy atom. The molecule has 0 unspecified atom stereocenters. The van der Waals surface area contributed by atoms with Crippen LogP contribution < -0.4 is 10.5 Å². The Morgan fingerprint density at radius 1 is 1.44 bits per heavy atom. The van der Waals surface area contributed by atoms with Crippen LogP contribution in [0.2, 0.25) is 0 Å². The number of rotatable bonds is 4. The van der Waals surface area contributed by atoms with Gasteiger partial charge in [-0.05, 0) is 30.7 Å². The van der Waals surface area contributed by atoms with E-state index >= 15 is 0 Å². The summed E-state index contributed by atoms with van der Waals surface area (Å²) < 4.78 is 22.5. The predicted molar refractivity (Wildman–Crippen MR) is 68.3 cm³/mol. The molecule has 1 amide bonds. The summed E-state index contributed by atoms with van der Waals surface area (Å²) in [6, 6.07) is 4.24. The third-order valence-corrected chi connectivity index (χ3v) is 3.09. The van der Waals surface area contributed by atoms with Crippen LogP contribution in [0.4, 0.5) is 0 Å². The molecule has 0 saturated carbocycles. The molecule has 0 saturated heterocycles. The molecule has 0 aliphatic heterocycles. The maximum absolute atomic E-state index is 11.7. The number of carbonyl (C=O) groups excluding carboxylic acids is 1. The normalized spacial score (nSPS) is 10.7. The lowest BCUT2D eigenvalue weighted by atomic mass is 10.1. The van der Waals surface area contributed by atoms with E-state index in [2.05, 4.69) is 11.2 Å². The van der Waals surface area contributed by atoms with Crippen molar-refractivity contribution >= 4 is 15.9 Å². The van der Waals surface area contributed by atoms with E-state index in [0.717, 1.165) is 0 Å². The number of amides is 1.